The van der Waals surface area contributed by atoms with Crippen LogP contribution in [0.1, 0.15) is 74.4 Å². The van der Waals surface area contributed by atoms with E-state index < -0.39 is 0 Å². The average Bonchev–Trinajstić information content (AvgIpc) is 4.16. The summed E-state index contributed by atoms with van der Waals surface area (Å²) in [6, 6.07) is 7.09. The Kier molecular flexibility index (Phi) is 15.0. The second-order valence-corrected chi connectivity index (χ2v) is 16.5. The Labute approximate surface area is 349 Å². The number of hydrogen-bond acceptors (Lipinski definition) is 14. The molecule has 17 heteroatoms. The molecule has 0 aromatic carbocycles. The van der Waals surface area contributed by atoms with Crippen LogP contribution in [-0.2, 0) is 0 Å². The van der Waals surface area contributed by atoms with E-state index in [2.05, 4.69) is 61.1 Å². The highest BCUT2D eigenvalue weighted by molar-refractivity contribution is 6.30. The van der Waals surface area contributed by atoms with Gasteiger partial charge in [0.05, 0.1) is 34.8 Å². The standard InChI is InChI=1S/C20H24ClN7.C14H21ClN4.C6H4ClN3/c1-13-26-17(10-22)9-19(27-13)23-5-2-15-8-18(15)14-3-6-28(7-4-14)20-24-11-16(21)12-25-20;15-12-8-17-14(18-9-12)19-5-2-10(3-6-19)13-7-11(13)1-4-16;1-4-9-5(3-8)2-6(7)10-4/h9,11-12,14-15,18H,2-8H2,1H3,(H,23,26,27);8-11,13H,1-7,16H2;2H,1H3/t15-,18-;11-,13-;/m11./s1. The van der Waals surface area contributed by atoms with Crippen LogP contribution >= 0.6 is 34.8 Å². The molecule has 0 radical (unpaired) electrons. The summed E-state index contributed by atoms with van der Waals surface area (Å²) in [5.74, 6) is 8.69. The molecule has 3 N–H and O–H groups in total. The van der Waals surface area contributed by atoms with E-state index in [0.29, 0.717) is 38.2 Å². The van der Waals surface area contributed by atoms with Gasteiger partial charge in [0, 0.05) is 44.9 Å². The lowest BCUT2D eigenvalue weighted by atomic mass is 9.90. The van der Waals surface area contributed by atoms with Crippen LogP contribution in [0, 0.1) is 72.0 Å². The van der Waals surface area contributed by atoms with Crippen LogP contribution < -0.4 is 20.9 Å². The summed E-state index contributed by atoms with van der Waals surface area (Å²) in [4.78, 5) is 37.8. The summed E-state index contributed by atoms with van der Waals surface area (Å²) in [5.41, 5.74) is 6.35. The molecule has 4 aromatic heterocycles. The highest BCUT2D eigenvalue weighted by atomic mass is 35.5. The SMILES string of the molecule is Cc1nc(C#N)cc(NCC[C@@H]2C[C@@H]2C2CCN(c3ncc(Cl)cn3)CC2)n1.Cc1nc(Cl)cc(C#N)n1.NCC[C@@H]1C[C@@H]1C1CCN(c2ncc(Cl)cn2)CC1. The van der Waals surface area contributed by atoms with Crippen molar-refractivity contribution in [2.45, 2.75) is 65.2 Å². The van der Waals surface area contributed by atoms with E-state index in [-0.39, 0.29) is 0 Å². The number of nitrogens with one attached hydrogen (secondary N) is 1. The van der Waals surface area contributed by atoms with Gasteiger partial charge >= 0.3 is 0 Å². The first kappa shape index (κ1) is 42.1. The van der Waals surface area contributed by atoms with Gasteiger partial charge in [-0.2, -0.15) is 10.5 Å². The van der Waals surface area contributed by atoms with Crippen molar-refractivity contribution < 1.29 is 0 Å². The Morgan fingerprint density at radius 2 is 1.14 bits per heavy atom. The molecule has 4 aliphatic rings. The van der Waals surface area contributed by atoms with Crippen LogP contribution in [0.2, 0.25) is 15.2 Å². The summed E-state index contributed by atoms with van der Waals surface area (Å²) >= 11 is 17.2. The fourth-order valence-electron chi connectivity index (χ4n) is 8.26. The highest BCUT2D eigenvalue weighted by Gasteiger charge is 2.44. The molecule has 14 nitrogen and oxygen atoms in total. The van der Waals surface area contributed by atoms with Crippen LogP contribution in [-0.4, -0.2) is 79.1 Å². The van der Waals surface area contributed by atoms with Crippen molar-refractivity contribution in [1.82, 2.24) is 39.9 Å². The normalized spacial score (nSPS) is 21.5. The van der Waals surface area contributed by atoms with Gasteiger partial charge in [-0.25, -0.2) is 39.9 Å². The number of nitriles is 2. The van der Waals surface area contributed by atoms with Crippen molar-refractivity contribution in [3.05, 3.63) is 75.2 Å². The van der Waals surface area contributed by atoms with Gasteiger partial charge in [0.15, 0.2) is 0 Å². The Balaban J connectivity index is 0.000000162. The second kappa shape index (κ2) is 20.3. The molecule has 2 aliphatic heterocycles. The van der Waals surface area contributed by atoms with Gasteiger partial charge < -0.3 is 20.9 Å². The summed E-state index contributed by atoms with van der Waals surface area (Å²) in [6.45, 7) is 9.40. The number of piperidine rings is 2. The van der Waals surface area contributed by atoms with E-state index in [0.717, 1.165) is 98.9 Å². The molecular formula is C40H49Cl3N14. The smallest absolute Gasteiger partial charge is 0.225 e. The maximum absolute atomic E-state index is 9.01. The third kappa shape index (κ3) is 12.5. The van der Waals surface area contributed by atoms with Crippen LogP contribution in [0.5, 0.6) is 0 Å². The quantitative estimate of drug-likeness (QED) is 0.154. The number of halogens is 3. The summed E-state index contributed by atoms with van der Waals surface area (Å²) in [6.07, 6.45) is 16.7. The molecule has 6 heterocycles. The lowest BCUT2D eigenvalue weighted by molar-refractivity contribution is 0.342. The monoisotopic (exact) mass is 830 g/mol. The molecule has 8 rings (SSSR count). The van der Waals surface area contributed by atoms with Crippen LogP contribution in [0.4, 0.5) is 17.7 Å². The second-order valence-electron chi connectivity index (χ2n) is 15.2. The van der Waals surface area contributed by atoms with Gasteiger partial charge in [-0.05, 0) is 107 Å². The zero-order valence-electron chi connectivity index (χ0n) is 32.4. The lowest BCUT2D eigenvalue weighted by Gasteiger charge is -2.32. The van der Waals surface area contributed by atoms with Gasteiger partial charge in [-0.1, -0.05) is 34.8 Å². The maximum atomic E-state index is 9.01. The summed E-state index contributed by atoms with van der Waals surface area (Å²) < 4.78 is 0. The number of rotatable bonds is 10. The Morgan fingerprint density at radius 1 is 0.684 bits per heavy atom. The van der Waals surface area contributed by atoms with Crippen LogP contribution in [0.3, 0.4) is 0 Å². The minimum Gasteiger partial charge on any atom is -0.370 e. The maximum Gasteiger partial charge on any atom is 0.225 e. The van der Waals surface area contributed by atoms with E-state index in [4.69, 9.17) is 51.1 Å². The van der Waals surface area contributed by atoms with E-state index in [1.807, 2.05) is 13.0 Å². The fourth-order valence-corrected chi connectivity index (χ4v) is 8.68. The largest absolute Gasteiger partial charge is 0.370 e. The lowest BCUT2D eigenvalue weighted by Crippen LogP contribution is -2.35. The number of hydrogen-bond donors (Lipinski definition) is 2. The van der Waals surface area contributed by atoms with E-state index in [1.54, 1.807) is 37.8 Å². The van der Waals surface area contributed by atoms with Crippen molar-refractivity contribution in [3.63, 3.8) is 0 Å². The fraction of sp³-hybridized carbons (Fsp3) is 0.550. The minimum absolute atomic E-state index is 0.303. The van der Waals surface area contributed by atoms with Gasteiger partial charge in [0.2, 0.25) is 11.9 Å². The predicted molar refractivity (Wildman–Crippen MR) is 222 cm³/mol. The topological polar surface area (TPSA) is 195 Å². The van der Waals surface area contributed by atoms with Gasteiger partial charge in [-0.15, -0.1) is 0 Å². The molecular weight excluding hydrogens is 783 g/mol. The van der Waals surface area contributed by atoms with Crippen molar-refractivity contribution in [1.29, 1.82) is 10.5 Å². The molecule has 4 atom stereocenters. The Morgan fingerprint density at radius 3 is 1.60 bits per heavy atom. The van der Waals surface area contributed by atoms with Gasteiger partial charge in [0.1, 0.15) is 46.1 Å². The zero-order chi connectivity index (χ0) is 40.3. The number of anilines is 3. The first-order chi connectivity index (χ1) is 27.6. The van der Waals surface area contributed by atoms with Crippen LogP contribution in [0.25, 0.3) is 0 Å². The minimum atomic E-state index is 0.303. The Bertz CT molecular complexity index is 1970. The molecule has 4 fully saturated rings. The van der Waals surface area contributed by atoms with Gasteiger partial charge in [-0.3, -0.25) is 0 Å². The molecule has 0 bridgehead atoms. The van der Waals surface area contributed by atoms with Crippen LogP contribution in [0.15, 0.2) is 36.9 Å². The van der Waals surface area contributed by atoms with E-state index in [9.17, 15) is 0 Å². The number of nitrogens with two attached hydrogens (primary N) is 1. The molecule has 2 aliphatic carbocycles. The molecule has 300 valence electrons. The average molecular weight is 832 g/mol. The molecule has 2 saturated carbocycles. The zero-order valence-corrected chi connectivity index (χ0v) is 34.7. The summed E-state index contributed by atoms with van der Waals surface area (Å²) in [7, 11) is 0. The third-order valence-corrected chi connectivity index (χ3v) is 11.8. The number of aryl methyl sites for hydroxylation is 2. The van der Waals surface area contributed by atoms with E-state index >= 15 is 0 Å². The van der Waals surface area contributed by atoms with Crippen molar-refractivity contribution in [3.8, 4) is 12.1 Å². The molecule has 4 aromatic rings. The first-order valence-electron chi connectivity index (χ1n) is 19.7. The third-order valence-electron chi connectivity index (χ3n) is 11.3. The molecule has 57 heavy (non-hydrogen) atoms. The molecule has 2 saturated heterocycles. The number of aromatic nitrogens is 8. The molecule has 0 spiro atoms. The summed E-state index contributed by atoms with van der Waals surface area (Å²) in [5, 5.41) is 22.2. The predicted octanol–water partition coefficient (Wildman–Crippen LogP) is 7.10. The van der Waals surface area contributed by atoms with Crippen molar-refractivity contribution in [2.75, 3.05) is 54.4 Å². The number of nitrogens with zero attached hydrogens (tertiary/aromatic N) is 12. The van der Waals surface area contributed by atoms with Crippen molar-refractivity contribution >= 4 is 52.5 Å². The van der Waals surface area contributed by atoms with Gasteiger partial charge in [0.25, 0.3) is 0 Å². The highest BCUT2D eigenvalue weighted by Crippen LogP contribution is 2.50. The van der Waals surface area contributed by atoms with E-state index in [1.165, 1.54) is 51.0 Å². The Hall–Kier alpha value is -4.47. The molecule has 0 unspecified atom stereocenters. The molecule has 0 amide bonds. The first-order valence-corrected chi connectivity index (χ1v) is 20.8. The van der Waals surface area contributed by atoms with Crippen molar-refractivity contribution in [2.24, 2.45) is 41.2 Å².